The molecule has 0 saturated carbocycles. The summed E-state index contributed by atoms with van der Waals surface area (Å²) in [7, 11) is -1.82. The minimum atomic E-state index is -1.82. The molecule has 1 heterocycles. The normalized spacial score (nSPS) is 16.0. The second-order valence-corrected chi connectivity index (χ2v) is 14.5. The van der Waals surface area contributed by atoms with E-state index in [-0.39, 0.29) is 11.1 Å². The topological polar surface area (TPSA) is 38.8 Å². The van der Waals surface area contributed by atoms with E-state index in [2.05, 4.69) is 64.2 Å². The third kappa shape index (κ3) is 5.86. The van der Waals surface area contributed by atoms with Crippen molar-refractivity contribution < 1.29 is 14.0 Å². The van der Waals surface area contributed by atoms with Gasteiger partial charge in [0.1, 0.15) is 11.4 Å². The predicted octanol–water partition coefficient (Wildman–Crippen LogP) is 6.09. The van der Waals surface area contributed by atoms with Gasteiger partial charge in [0.05, 0.1) is 0 Å². The molecular weight excluding hydrogens is 354 g/mol. The fraction of sp³-hybridized carbons (Fsp3) is 0.591. The summed E-state index contributed by atoms with van der Waals surface area (Å²) in [5.74, 6) is 0.942. The van der Waals surface area contributed by atoms with Crippen LogP contribution in [0.25, 0.3) is 5.57 Å². The molecule has 0 spiro atoms. The fourth-order valence-electron chi connectivity index (χ4n) is 2.61. The van der Waals surface area contributed by atoms with Gasteiger partial charge in [-0.1, -0.05) is 39.0 Å². The van der Waals surface area contributed by atoms with Gasteiger partial charge in [0.15, 0.2) is 0 Å². The highest BCUT2D eigenvalue weighted by atomic mass is 28.4. The molecule has 5 heteroatoms. The minimum Gasteiger partial charge on any atom is -0.544 e. The first kappa shape index (κ1) is 21.5. The minimum absolute atomic E-state index is 0.183. The molecule has 0 N–H and O–H groups in total. The number of ether oxygens (including phenoxy) is 1. The van der Waals surface area contributed by atoms with Crippen molar-refractivity contribution in [1.29, 1.82) is 0 Å². The summed E-state index contributed by atoms with van der Waals surface area (Å²) in [6.07, 6.45) is 2.72. The van der Waals surface area contributed by atoms with Gasteiger partial charge in [-0.25, -0.2) is 4.79 Å². The predicted molar refractivity (Wildman–Crippen MR) is 115 cm³/mol. The monoisotopic (exact) mass is 389 g/mol. The Bertz CT molecular complexity index is 694. The average molecular weight is 390 g/mol. The summed E-state index contributed by atoms with van der Waals surface area (Å²) in [6, 6.07) is 8.38. The molecule has 0 radical (unpaired) electrons. The van der Waals surface area contributed by atoms with E-state index in [1.165, 1.54) is 11.1 Å². The molecule has 27 heavy (non-hydrogen) atoms. The van der Waals surface area contributed by atoms with Gasteiger partial charge < -0.3 is 14.1 Å². The number of hydrogen-bond donors (Lipinski definition) is 0. The number of carbonyl (C=O) groups is 1. The van der Waals surface area contributed by atoms with Crippen molar-refractivity contribution in [2.45, 2.75) is 71.7 Å². The molecule has 1 aliphatic heterocycles. The third-order valence-corrected chi connectivity index (χ3v) is 9.62. The highest BCUT2D eigenvalue weighted by molar-refractivity contribution is 6.74. The Hall–Kier alpha value is -1.75. The molecule has 4 nitrogen and oxygen atoms in total. The number of benzene rings is 1. The van der Waals surface area contributed by atoms with E-state index in [0.717, 1.165) is 12.2 Å². The number of carbonyl (C=O) groups excluding carboxylic acids is 1. The van der Waals surface area contributed by atoms with Crippen molar-refractivity contribution >= 4 is 20.0 Å². The molecule has 0 bridgehead atoms. The highest BCUT2D eigenvalue weighted by Crippen LogP contribution is 2.37. The lowest BCUT2D eigenvalue weighted by Crippen LogP contribution is -2.43. The standard InChI is InChI=1S/C22H35NO3Si/c1-21(2,3)25-20(24)23-15-13-18(14-16-23)17-9-11-19(12-10-17)26-27(7,8)22(4,5)6/h9-13H,14-16H2,1-8H3. The van der Waals surface area contributed by atoms with Crippen molar-refractivity contribution in [3.63, 3.8) is 0 Å². The molecule has 0 fully saturated rings. The average Bonchev–Trinajstić information content (AvgIpc) is 2.53. The zero-order chi connectivity index (χ0) is 20.5. The van der Waals surface area contributed by atoms with Crippen LogP contribution in [0.4, 0.5) is 4.79 Å². The van der Waals surface area contributed by atoms with Crippen molar-refractivity contribution in [2.24, 2.45) is 0 Å². The first-order chi connectivity index (χ1) is 12.3. The van der Waals surface area contributed by atoms with Crippen molar-refractivity contribution in [3.05, 3.63) is 35.9 Å². The Morgan fingerprint density at radius 1 is 1.04 bits per heavy atom. The first-order valence-electron chi connectivity index (χ1n) is 9.75. The van der Waals surface area contributed by atoms with Crippen LogP contribution in [0.2, 0.25) is 18.1 Å². The lowest BCUT2D eigenvalue weighted by molar-refractivity contribution is 0.0270. The van der Waals surface area contributed by atoms with E-state index in [4.69, 9.17) is 9.16 Å². The Morgan fingerprint density at radius 2 is 1.63 bits per heavy atom. The van der Waals surface area contributed by atoms with Crippen LogP contribution < -0.4 is 4.43 Å². The number of hydrogen-bond acceptors (Lipinski definition) is 3. The number of rotatable bonds is 3. The van der Waals surface area contributed by atoms with Crippen LogP contribution in [0.3, 0.4) is 0 Å². The smallest absolute Gasteiger partial charge is 0.410 e. The van der Waals surface area contributed by atoms with E-state index in [9.17, 15) is 4.79 Å². The maximum absolute atomic E-state index is 12.2. The molecule has 1 aliphatic rings. The molecule has 0 aromatic heterocycles. The highest BCUT2D eigenvalue weighted by Gasteiger charge is 2.38. The molecule has 1 aromatic carbocycles. The summed E-state index contributed by atoms with van der Waals surface area (Å²) < 4.78 is 11.8. The lowest BCUT2D eigenvalue weighted by Gasteiger charge is -2.36. The molecule has 1 amide bonds. The number of nitrogens with zero attached hydrogens (tertiary/aromatic N) is 1. The van der Waals surface area contributed by atoms with Gasteiger partial charge in [0.2, 0.25) is 8.32 Å². The zero-order valence-corrected chi connectivity index (χ0v) is 19.2. The maximum Gasteiger partial charge on any atom is 0.410 e. The van der Waals surface area contributed by atoms with Crippen LogP contribution in [0.5, 0.6) is 5.75 Å². The molecule has 0 aliphatic carbocycles. The van der Waals surface area contributed by atoms with E-state index in [1.807, 2.05) is 20.8 Å². The van der Waals surface area contributed by atoms with Crippen LogP contribution in [-0.4, -0.2) is 38.0 Å². The summed E-state index contributed by atoms with van der Waals surface area (Å²) >= 11 is 0. The quantitative estimate of drug-likeness (QED) is 0.587. The van der Waals surface area contributed by atoms with E-state index in [1.54, 1.807) is 4.90 Å². The van der Waals surface area contributed by atoms with Crippen molar-refractivity contribution in [3.8, 4) is 5.75 Å². The summed E-state index contributed by atoms with van der Waals surface area (Å²) in [6.45, 7) is 18.2. The first-order valence-corrected chi connectivity index (χ1v) is 12.7. The maximum atomic E-state index is 12.2. The summed E-state index contributed by atoms with van der Waals surface area (Å²) in [5, 5.41) is 0.183. The lowest BCUT2D eigenvalue weighted by atomic mass is 9.99. The Kier molecular flexibility index (Phi) is 6.15. The number of amides is 1. The van der Waals surface area contributed by atoms with Gasteiger partial charge >= 0.3 is 6.09 Å². The van der Waals surface area contributed by atoms with Crippen LogP contribution in [0, 0.1) is 0 Å². The van der Waals surface area contributed by atoms with Gasteiger partial charge in [0.25, 0.3) is 0 Å². The van der Waals surface area contributed by atoms with Crippen LogP contribution in [-0.2, 0) is 4.74 Å². The molecule has 1 aromatic rings. The SMILES string of the molecule is CC(C)(C)OC(=O)N1CC=C(c2ccc(O[Si](C)(C)C(C)(C)C)cc2)CC1. The van der Waals surface area contributed by atoms with E-state index in [0.29, 0.717) is 13.1 Å². The van der Waals surface area contributed by atoms with E-state index < -0.39 is 13.9 Å². The molecular formula is C22H35NO3Si. The van der Waals surface area contributed by atoms with Gasteiger partial charge in [0, 0.05) is 13.1 Å². The molecule has 0 saturated heterocycles. The summed E-state index contributed by atoms with van der Waals surface area (Å²) in [5.41, 5.74) is 2.01. The Labute approximate surface area is 165 Å². The Morgan fingerprint density at radius 3 is 2.07 bits per heavy atom. The van der Waals surface area contributed by atoms with Crippen LogP contribution in [0.15, 0.2) is 30.3 Å². The zero-order valence-electron chi connectivity index (χ0n) is 18.2. The van der Waals surface area contributed by atoms with Crippen molar-refractivity contribution in [1.82, 2.24) is 4.90 Å². The fourth-order valence-corrected chi connectivity index (χ4v) is 3.64. The summed E-state index contributed by atoms with van der Waals surface area (Å²) in [4.78, 5) is 13.9. The van der Waals surface area contributed by atoms with Crippen molar-refractivity contribution in [2.75, 3.05) is 13.1 Å². The Balaban J connectivity index is 2.01. The third-order valence-electron chi connectivity index (χ3n) is 5.27. The molecule has 0 atom stereocenters. The van der Waals surface area contributed by atoms with Crippen LogP contribution >= 0.6 is 0 Å². The molecule has 2 rings (SSSR count). The molecule has 150 valence electrons. The second kappa shape index (κ2) is 7.70. The van der Waals surface area contributed by atoms with Gasteiger partial charge in [-0.2, -0.15) is 0 Å². The van der Waals surface area contributed by atoms with Gasteiger partial charge in [-0.05, 0) is 68.6 Å². The van der Waals surface area contributed by atoms with E-state index >= 15 is 0 Å². The van der Waals surface area contributed by atoms with Crippen LogP contribution in [0.1, 0.15) is 53.5 Å². The largest absolute Gasteiger partial charge is 0.544 e. The molecule has 0 unspecified atom stereocenters. The van der Waals surface area contributed by atoms with Gasteiger partial charge in [-0.3, -0.25) is 0 Å². The second-order valence-electron chi connectivity index (χ2n) is 9.79. The van der Waals surface area contributed by atoms with Gasteiger partial charge in [-0.15, -0.1) is 0 Å².